The van der Waals surface area contributed by atoms with Gasteiger partial charge in [0.2, 0.25) is 5.91 Å². The van der Waals surface area contributed by atoms with Crippen LogP contribution in [-0.2, 0) is 9.53 Å². The van der Waals surface area contributed by atoms with E-state index in [4.69, 9.17) is 15.6 Å². The van der Waals surface area contributed by atoms with Gasteiger partial charge in [0, 0.05) is 25.4 Å². The van der Waals surface area contributed by atoms with Crippen molar-refractivity contribution in [1.82, 2.24) is 0 Å². The van der Waals surface area contributed by atoms with Gasteiger partial charge in [-0.25, -0.2) is 4.79 Å². The number of amides is 1. The first kappa shape index (κ1) is 15.5. The maximum absolute atomic E-state index is 12.5. The SMILES string of the molecule is Cc1cc(C(=O)O)ccc1NC(=O)C1(CN)CCOCC1. The van der Waals surface area contributed by atoms with Gasteiger partial charge in [-0.3, -0.25) is 4.79 Å². The number of carbonyl (C=O) groups is 2. The van der Waals surface area contributed by atoms with Crippen LogP contribution in [0.5, 0.6) is 0 Å². The highest BCUT2D eigenvalue weighted by atomic mass is 16.5. The van der Waals surface area contributed by atoms with Crippen molar-refractivity contribution < 1.29 is 19.4 Å². The highest BCUT2D eigenvalue weighted by molar-refractivity contribution is 5.97. The average molecular weight is 292 g/mol. The third kappa shape index (κ3) is 3.22. The Morgan fingerprint density at radius 3 is 2.57 bits per heavy atom. The number of carboxylic acids is 1. The molecule has 0 atom stereocenters. The van der Waals surface area contributed by atoms with Crippen LogP contribution in [0, 0.1) is 12.3 Å². The fraction of sp³-hybridized carbons (Fsp3) is 0.467. The Kier molecular flexibility index (Phi) is 4.59. The molecule has 4 N–H and O–H groups in total. The number of nitrogens with two attached hydrogens (primary N) is 1. The van der Waals surface area contributed by atoms with Gasteiger partial charge in [-0.15, -0.1) is 0 Å². The van der Waals surface area contributed by atoms with E-state index >= 15 is 0 Å². The number of aryl methyl sites for hydroxylation is 1. The Labute approximate surface area is 123 Å². The summed E-state index contributed by atoms with van der Waals surface area (Å²) in [5, 5.41) is 11.8. The predicted molar refractivity (Wildman–Crippen MR) is 78.3 cm³/mol. The van der Waals surface area contributed by atoms with Gasteiger partial charge in [0.1, 0.15) is 0 Å². The molecule has 1 aliphatic rings. The normalized spacial score (nSPS) is 17.2. The van der Waals surface area contributed by atoms with Crippen LogP contribution in [0.2, 0.25) is 0 Å². The summed E-state index contributed by atoms with van der Waals surface area (Å²) < 4.78 is 5.29. The van der Waals surface area contributed by atoms with Gasteiger partial charge in [0.25, 0.3) is 0 Å². The third-order valence-electron chi connectivity index (χ3n) is 4.04. The molecule has 0 radical (unpaired) electrons. The molecule has 0 spiro atoms. The van der Waals surface area contributed by atoms with Crippen LogP contribution < -0.4 is 11.1 Å². The molecule has 0 bridgehead atoms. The summed E-state index contributed by atoms with van der Waals surface area (Å²) in [6.07, 6.45) is 1.20. The predicted octanol–water partition coefficient (Wildman–Crippen LogP) is 1.39. The van der Waals surface area contributed by atoms with Crippen molar-refractivity contribution in [2.24, 2.45) is 11.1 Å². The second-order valence-corrected chi connectivity index (χ2v) is 5.39. The van der Waals surface area contributed by atoms with Gasteiger partial charge in [-0.2, -0.15) is 0 Å². The molecule has 1 aromatic carbocycles. The lowest BCUT2D eigenvalue weighted by Gasteiger charge is -2.34. The van der Waals surface area contributed by atoms with E-state index in [0.717, 1.165) is 0 Å². The first-order valence-corrected chi connectivity index (χ1v) is 6.92. The summed E-state index contributed by atoms with van der Waals surface area (Å²) in [6, 6.07) is 4.63. The van der Waals surface area contributed by atoms with Crippen LogP contribution in [0.25, 0.3) is 0 Å². The largest absolute Gasteiger partial charge is 0.478 e. The zero-order valence-corrected chi connectivity index (χ0v) is 12.0. The number of ether oxygens (including phenoxy) is 1. The lowest BCUT2D eigenvalue weighted by atomic mass is 9.79. The Morgan fingerprint density at radius 2 is 2.05 bits per heavy atom. The number of hydrogen-bond acceptors (Lipinski definition) is 4. The molecular formula is C15H20N2O4. The Hall–Kier alpha value is -1.92. The molecule has 114 valence electrons. The van der Waals surface area contributed by atoms with Gasteiger partial charge in [-0.05, 0) is 43.5 Å². The summed E-state index contributed by atoms with van der Waals surface area (Å²) in [6.45, 7) is 3.10. The van der Waals surface area contributed by atoms with Crippen molar-refractivity contribution in [1.29, 1.82) is 0 Å². The Morgan fingerprint density at radius 1 is 1.38 bits per heavy atom. The maximum Gasteiger partial charge on any atom is 0.335 e. The molecule has 1 aliphatic heterocycles. The van der Waals surface area contributed by atoms with E-state index in [2.05, 4.69) is 5.32 Å². The molecule has 0 aromatic heterocycles. The second-order valence-electron chi connectivity index (χ2n) is 5.39. The van der Waals surface area contributed by atoms with Crippen LogP contribution in [-0.4, -0.2) is 36.7 Å². The van der Waals surface area contributed by atoms with Gasteiger partial charge >= 0.3 is 5.97 Å². The highest BCUT2D eigenvalue weighted by Crippen LogP contribution is 2.31. The smallest absolute Gasteiger partial charge is 0.335 e. The van der Waals surface area contributed by atoms with Gasteiger partial charge in [0.05, 0.1) is 11.0 Å². The van der Waals surface area contributed by atoms with Crippen LogP contribution in [0.3, 0.4) is 0 Å². The minimum atomic E-state index is -0.987. The summed E-state index contributed by atoms with van der Waals surface area (Å²) in [7, 11) is 0. The second kappa shape index (κ2) is 6.24. The van der Waals surface area contributed by atoms with Crippen LogP contribution >= 0.6 is 0 Å². The zero-order valence-electron chi connectivity index (χ0n) is 12.0. The minimum absolute atomic E-state index is 0.125. The zero-order chi connectivity index (χ0) is 15.5. The molecule has 1 heterocycles. The van der Waals surface area contributed by atoms with Gasteiger partial charge in [-0.1, -0.05) is 0 Å². The highest BCUT2D eigenvalue weighted by Gasteiger charge is 2.38. The Balaban J connectivity index is 2.17. The van der Waals surface area contributed by atoms with E-state index in [0.29, 0.717) is 37.3 Å². The number of hydrogen-bond donors (Lipinski definition) is 3. The van der Waals surface area contributed by atoms with Crippen molar-refractivity contribution >= 4 is 17.6 Å². The molecule has 1 saturated heterocycles. The van der Waals surface area contributed by atoms with E-state index < -0.39 is 11.4 Å². The summed E-state index contributed by atoms with van der Waals surface area (Å²) in [5.74, 6) is -1.11. The monoisotopic (exact) mass is 292 g/mol. The van der Waals surface area contributed by atoms with E-state index in [1.165, 1.54) is 12.1 Å². The van der Waals surface area contributed by atoms with Crippen LogP contribution in [0.4, 0.5) is 5.69 Å². The van der Waals surface area contributed by atoms with Gasteiger partial charge < -0.3 is 20.9 Å². The minimum Gasteiger partial charge on any atom is -0.478 e. The molecule has 6 nitrogen and oxygen atoms in total. The quantitative estimate of drug-likeness (QED) is 0.778. The number of carbonyl (C=O) groups excluding carboxylic acids is 1. The van der Waals surface area contributed by atoms with E-state index in [9.17, 15) is 9.59 Å². The number of anilines is 1. The van der Waals surface area contributed by atoms with E-state index in [-0.39, 0.29) is 18.0 Å². The number of aromatic carboxylic acids is 1. The molecule has 0 saturated carbocycles. The molecule has 0 aliphatic carbocycles. The van der Waals surface area contributed by atoms with Crippen molar-refractivity contribution in [2.45, 2.75) is 19.8 Å². The van der Waals surface area contributed by atoms with E-state index in [1.54, 1.807) is 13.0 Å². The summed E-state index contributed by atoms with van der Waals surface area (Å²) >= 11 is 0. The first-order chi connectivity index (χ1) is 9.98. The first-order valence-electron chi connectivity index (χ1n) is 6.92. The fourth-order valence-electron chi connectivity index (χ4n) is 2.48. The summed E-state index contributed by atoms with van der Waals surface area (Å²) in [4.78, 5) is 23.4. The lowest BCUT2D eigenvalue weighted by molar-refractivity contribution is -0.130. The molecule has 21 heavy (non-hydrogen) atoms. The van der Waals surface area contributed by atoms with Crippen molar-refractivity contribution in [3.05, 3.63) is 29.3 Å². The molecule has 1 fully saturated rings. The third-order valence-corrected chi connectivity index (χ3v) is 4.04. The lowest BCUT2D eigenvalue weighted by Crippen LogP contribution is -2.46. The fourth-order valence-corrected chi connectivity index (χ4v) is 2.48. The van der Waals surface area contributed by atoms with Gasteiger partial charge in [0.15, 0.2) is 0 Å². The standard InChI is InChI=1S/C15H20N2O4/c1-10-8-11(13(18)19)2-3-12(10)17-14(20)15(9-16)4-6-21-7-5-15/h2-3,8H,4-7,9,16H2,1H3,(H,17,20)(H,18,19). The molecular weight excluding hydrogens is 272 g/mol. The van der Waals surface area contributed by atoms with Crippen molar-refractivity contribution in [3.63, 3.8) is 0 Å². The molecule has 6 heteroatoms. The molecule has 2 rings (SSSR count). The van der Waals surface area contributed by atoms with Crippen LogP contribution in [0.15, 0.2) is 18.2 Å². The number of nitrogens with one attached hydrogen (secondary N) is 1. The summed E-state index contributed by atoms with van der Waals surface area (Å²) in [5.41, 5.74) is 6.72. The number of benzene rings is 1. The average Bonchev–Trinajstić information content (AvgIpc) is 2.49. The topological polar surface area (TPSA) is 102 Å². The number of rotatable bonds is 4. The van der Waals surface area contributed by atoms with E-state index in [1.807, 2.05) is 0 Å². The Bertz CT molecular complexity index is 551. The molecule has 1 amide bonds. The van der Waals surface area contributed by atoms with Crippen molar-refractivity contribution in [3.8, 4) is 0 Å². The van der Waals surface area contributed by atoms with Crippen molar-refractivity contribution in [2.75, 3.05) is 25.1 Å². The molecule has 0 unspecified atom stereocenters. The van der Waals surface area contributed by atoms with Crippen LogP contribution in [0.1, 0.15) is 28.8 Å². The molecule has 1 aromatic rings. The maximum atomic E-state index is 12.5. The number of carboxylic acid groups (broad SMARTS) is 1.